The van der Waals surface area contributed by atoms with E-state index in [1.54, 1.807) is 0 Å². The molecule has 1 amide bonds. The Morgan fingerprint density at radius 3 is 2.67 bits per heavy atom. The number of carbonyl (C=O) groups excluding carboxylic acids is 1. The van der Waals surface area contributed by atoms with Gasteiger partial charge in [-0.15, -0.1) is 0 Å². The van der Waals surface area contributed by atoms with Crippen LogP contribution < -0.4 is 9.47 Å². The van der Waals surface area contributed by atoms with E-state index < -0.39 is 6.10 Å². The van der Waals surface area contributed by atoms with Gasteiger partial charge in [-0.1, -0.05) is 12.1 Å². The van der Waals surface area contributed by atoms with E-state index in [0.717, 1.165) is 38.4 Å². The minimum Gasteiger partial charge on any atom is -0.485 e. The van der Waals surface area contributed by atoms with Crippen LogP contribution in [0.1, 0.15) is 37.4 Å². The number of likely N-dealkylation sites (tertiary alicyclic amines) is 1. The second kappa shape index (κ2) is 6.91. The lowest BCUT2D eigenvalue weighted by Gasteiger charge is -2.35. The van der Waals surface area contributed by atoms with Crippen LogP contribution in [0.4, 0.5) is 0 Å². The average Bonchev–Trinajstić information content (AvgIpc) is 3.42. The summed E-state index contributed by atoms with van der Waals surface area (Å²) in [6, 6.07) is 7.51. The van der Waals surface area contributed by atoms with Crippen LogP contribution in [-0.2, 0) is 11.3 Å². The molecule has 142 valence electrons. The topological polar surface area (TPSA) is 56.6 Å². The fourth-order valence-electron chi connectivity index (χ4n) is 4.12. The highest BCUT2D eigenvalue weighted by atomic mass is 16.6. The van der Waals surface area contributed by atoms with Crippen LogP contribution in [0.25, 0.3) is 0 Å². The second-order valence-electron chi connectivity index (χ2n) is 7.84. The van der Waals surface area contributed by atoms with Crippen molar-refractivity contribution < 1.29 is 14.3 Å². The zero-order chi connectivity index (χ0) is 18.2. The zero-order valence-electron chi connectivity index (χ0n) is 15.4. The van der Waals surface area contributed by atoms with Gasteiger partial charge in [0, 0.05) is 37.9 Å². The van der Waals surface area contributed by atoms with Crippen molar-refractivity contribution in [1.29, 1.82) is 0 Å². The molecule has 0 spiro atoms. The maximum atomic E-state index is 12.9. The molecule has 1 aromatic carbocycles. The van der Waals surface area contributed by atoms with E-state index >= 15 is 0 Å². The Balaban J connectivity index is 1.19. The molecule has 1 atom stereocenters. The van der Waals surface area contributed by atoms with E-state index in [2.05, 4.69) is 15.7 Å². The third-order valence-electron chi connectivity index (χ3n) is 5.86. The summed E-state index contributed by atoms with van der Waals surface area (Å²) in [6.07, 6.45) is 8.08. The quantitative estimate of drug-likeness (QED) is 0.834. The SMILES string of the molecule is O=C(C1COc2ccccc2O1)N1CCC(c2nccn2CC2CC2)CC1. The summed E-state index contributed by atoms with van der Waals surface area (Å²) in [5.74, 6) is 3.87. The summed E-state index contributed by atoms with van der Waals surface area (Å²) in [5, 5.41) is 0. The summed E-state index contributed by atoms with van der Waals surface area (Å²) in [7, 11) is 0. The molecule has 2 aromatic rings. The van der Waals surface area contributed by atoms with Gasteiger partial charge in [0.25, 0.3) is 5.91 Å². The van der Waals surface area contributed by atoms with E-state index in [1.165, 1.54) is 18.7 Å². The van der Waals surface area contributed by atoms with Gasteiger partial charge in [0.05, 0.1) is 0 Å². The molecule has 2 aliphatic heterocycles. The van der Waals surface area contributed by atoms with Crippen LogP contribution in [0.3, 0.4) is 0 Å². The Hall–Kier alpha value is -2.50. The van der Waals surface area contributed by atoms with Crippen LogP contribution >= 0.6 is 0 Å². The molecule has 0 radical (unpaired) electrons. The largest absolute Gasteiger partial charge is 0.485 e. The highest BCUT2D eigenvalue weighted by Crippen LogP contribution is 2.34. The standard InChI is InChI=1S/C21H25N3O3/c25-21(19-14-26-17-3-1-2-4-18(17)27-19)23-10-7-16(8-11-23)20-22-9-12-24(20)13-15-5-6-15/h1-4,9,12,15-16,19H,5-8,10-11,13-14H2. The van der Waals surface area contributed by atoms with Crippen LogP contribution in [0.2, 0.25) is 0 Å². The third kappa shape index (κ3) is 3.40. The zero-order valence-corrected chi connectivity index (χ0v) is 15.4. The number of aromatic nitrogens is 2. The van der Waals surface area contributed by atoms with Crippen molar-refractivity contribution in [2.45, 2.75) is 44.2 Å². The Morgan fingerprint density at radius 2 is 1.89 bits per heavy atom. The number of imidazole rings is 1. The molecule has 1 aliphatic carbocycles. The Bertz CT molecular complexity index is 822. The number of nitrogens with zero attached hydrogens (tertiary/aromatic N) is 3. The maximum absolute atomic E-state index is 12.9. The second-order valence-corrected chi connectivity index (χ2v) is 7.84. The molecule has 6 nitrogen and oxygen atoms in total. The first kappa shape index (κ1) is 16.7. The number of hydrogen-bond donors (Lipinski definition) is 0. The van der Waals surface area contributed by atoms with Crippen LogP contribution in [-0.4, -0.2) is 46.2 Å². The van der Waals surface area contributed by atoms with Crippen molar-refractivity contribution >= 4 is 5.91 Å². The predicted molar refractivity (Wildman–Crippen MR) is 99.9 cm³/mol. The van der Waals surface area contributed by atoms with Gasteiger partial charge in [0.15, 0.2) is 11.5 Å². The highest BCUT2D eigenvalue weighted by Gasteiger charge is 2.34. The number of ether oxygens (including phenoxy) is 2. The van der Waals surface area contributed by atoms with Crippen LogP contribution in [0.15, 0.2) is 36.7 Å². The Labute approximate surface area is 159 Å². The van der Waals surface area contributed by atoms with Crippen molar-refractivity contribution in [1.82, 2.24) is 14.5 Å². The van der Waals surface area contributed by atoms with Crippen LogP contribution in [0, 0.1) is 5.92 Å². The first-order valence-electron chi connectivity index (χ1n) is 9.96. The van der Waals surface area contributed by atoms with E-state index in [4.69, 9.17) is 9.47 Å². The number of rotatable bonds is 4. The summed E-state index contributed by atoms with van der Waals surface area (Å²) in [5.41, 5.74) is 0. The van der Waals surface area contributed by atoms with E-state index in [1.807, 2.05) is 35.4 Å². The summed E-state index contributed by atoms with van der Waals surface area (Å²) in [6.45, 7) is 2.88. The lowest BCUT2D eigenvalue weighted by atomic mass is 9.95. The lowest BCUT2D eigenvalue weighted by Crippen LogP contribution is -2.49. The molecule has 3 aliphatic rings. The number of carbonyl (C=O) groups is 1. The molecular weight excluding hydrogens is 342 g/mol. The maximum Gasteiger partial charge on any atom is 0.267 e. The molecule has 1 aromatic heterocycles. The van der Waals surface area contributed by atoms with Gasteiger partial charge >= 0.3 is 0 Å². The molecule has 1 saturated carbocycles. The fourth-order valence-corrected chi connectivity index (χ4v) is 4.12. The van der Waals surface area contributed by atoms with Crippen molar-refractivity contribution in [3.05, 3.63) is 42.5 Å². The summed E-state index contributed by atoms with van der Waals surface area (Å²) >= 11 is 0. The molecule has 1 saturated heterocycles. The van der Waals surface area contributed by atoms with Crippen LogP contribution in [0.5, 0.6) is 11.5 Å². The van der Waals surface area contributed by atoms with Gasteiger partial charge in [0.2, 0.25) is 6.10 Å². The van der Waals surface area contributed by atoms with E-state index in [-0.39, 0.29) is 12.5 Å². The number of para-hydroxylation sites is 2. The van der Waals surface area contributed by atoms with Gasteiger partial charge in [-0.2, -0.15) is 0 Å². The van der Waals surface area contributed by atoms with Gasteiger partial charge < -0.3 is 18.9 Å². The van der Waals surface area contributed by atoms with Crippen molar-refractivity contribution in [2.24, 2.45) is 5.92 Å². The lowest BCUT2D eigenvalue weighted by molar-refractivity contribution is -0.142. The molecule has 2 fully saturated rings. The normalized spacial score (nSPS) is 22.7. The molecule has 1 unspecified atom stereocenters. The van der Waals surface area contributed by atoms with Gasteiger partial charge in [-0.3, -0.25) is 4.79 Å². The summed E-state index contributed by atoms with van der Waals surface area (Å²) in [4.78, 5) is 19.4. The fraction of sp³-hybridized carbons (Fsp3) is 0.524. The molecule has 0 N–H and O–H groups in total. The Morgan fingerprint density at radius 1 is 1.11 bits per heavy atom. The number of piperidine rings is 1. The van der Waals surface area contributed by atoms with E-state index in [9.17, 15) is 4.79 Å². The third-order valence-corrected chi connectivity index (χ3v) is 5.86. The first-order valence-corrected chi connectivity index (χ1v) is 9.96. The molecule has 27 heavy (non-hydrogen) atoms. The smallest absolute Gasteiger partial charge is 0.267 e. The molecule has 3 heterocycles. The first-order chi connectivity index (χ1) is 13.3. The monoisotopic (exact) mass is 367 g/mol. The van der Waals surface area contributed by atoms with Crippen molar-refractivity contribution in [2.75, 3.05) is 19.7 Å². The van der Waals surface area contributed by atoms with Gasteiger partial charge in [-0.25, -0.2) is 4.98 Å². The summed E-state index contributed by atoms with van der Waals surface area (Å²) < 4.78 is 13.9. The number of amides is 1. The minimum absolute atomic E-state index is 0.0317. The molecule has 5 rings (SSSR count). The van der Waals surface area contributed by atoms with Gasteiger partial charge in [-0.05, 0) is 43.7 Å². The predicted octanol–water partition coefficient (Wildman–Crippen LogP) is 2.84. The molecule has 0 bridgehead atoms. The number of hydrogen-bond acceptors (Lipinski definition) is 4. The van der Waals surface area contributed by atoms with Gasteiger partial charge in [0.1, 0.15) is 12.4 Å². The van der Waals surface area contributed by atoms with Crippen molar-refractivity contribution in [3.8, 4) is 11.5 Å². The van der Waals surface area contributed by atoms with Crippen molar-refractivity contribution in [3.63, 3.8) is 0 Å². The average molecular weight is 367 g/mol. The van der Waals surface area contributed by atoms with E-state index in [0.29, 0.717) is 17.4 Å². The molecule has 6 heteroatoms. The highest BCUT2D eigenvalue weighted by molar-refractivity contribution is 5.82. The minimum atomic E-state index is -0.548. The Kier molecular flexibility index (Phi) is 4.26. The number of benzene rings is 1. The molecular formula is C21H25N3O3. The number of fused-ring (bicyclic) bond motifs is 1.